The minimum Gasteiger partial charge on any atom is -0.380 e. The van der Waals surface area contributed by atoms with Crippen molar-refractivity contribution in [2.45, 2.75) is 43.8 Å². The topological polar surface area (TPSA) is 59.7 Å². The molecule has 0 radical (unpaired) electrons. The van der Waals surface area contributed by atoms with Gasteiger partial charge in [-0.3, -0.25) is 4.79 Å². The van der Waals surface area contributed by atoms with Gasteiger partial charge in [0.15, 0.2) is 11.7 Å². The number of benzene rings is 1. The molecule has 1 aromatic carbocycles. The SMILES string of the molecule is CN(C(=O)C1COC1)[C@@H](c1ccc([C@@H]2CC(C)(C)c3c2cnc2cc(F)nn32)cc1)C(F)(F)F. The van der Waals surface area contributed by atoms with Crippen molar-refractivity contribution in [1.82, 2.24) is 19.5 Å². The predicted octanol–water partition coefficient (Wildman–Crippen LogP) is 4.39. The summed E-state index contributed by atoms with van der Waals surface area (Å²) in [5, 5.41) is 3.95. The van der Waals surface area contributed by atoms with Crippen molar-refractivity contribution in [3.05, 3.63) is 64.9 Å². The van der Waals surface area contributed by atoms with Crippen molar-refractivity contribution in [2.24, 2.45) is 5.92 Å². The Labute approximate surface area is 193 Å². The number of ether oxygens (including phenoxy) is 1. The van der Waals surface area contributed by atoms with Gasteiger partial charge in [-0.05, 0) is 17.5 Å². The molecule has 10 heteroatoms. The summed E-state index contributed by atoms with van der Waals surface area (Å²) < 4.78 is 62.2. The summed E-state index contributed by atoms with van der Waals surface area (Å²) in [4.78, 5) is 17.6. The van der Waals surface area contributed by atoms with Gasteiger partial charge in [0, 0.05) is 36.2 Å². The molecule has 0 N–H and O–H groups in total. The van der Waals surface area contributed by atoms with E-state index in [9.17, 15) is 22.4 Å². The Kier molecular flexibility index (Phi) is 5.20. The predicted molar refractivity (Wildman–Crippen MR) is 115 cm³/mol. The molecular formula is C24H24F4N4O2. The Morgan fingerprint density at radius 2 is 1.91 bits per heavy atom. The lowest BCUT2D eigenvalue weighted by atomic mass is 9.86. The first kappa shape index (κ1) is 22.8. The van der Waals surface area contributed by atoms with E-state index in [1.54, 1.807) is 18.3 Å². The summed E-state index contributed by atoms with van der Waals surface area (Å²) in [5.74, 6) is -1.86. The fraction of sp³-hybridized carbons (Fsp3) is 0.458. The monoisotopic (exact) mass is 476 g/mol. The number of rotatable bonds is 4. The Hall–Kier alpha value is -3.01. The van der Waals surface area contributed by atoms with Crippen LogP contribution in [-0.2, 0) is 14.9 Å². The molecule has 1 saturated heterocycles. The number of hydrogen-bond acceptors (Lipinski definition) is 4. The molecule has 3 heterocycles. The third-order valence-electron chi connectivity index (χ3n) is 6.90. The molecule has 1 fully saturated rings. The second-order valence-corrected chi connectivity index (χ2v) is 9.73. The first-order chi connectivity index (χ1) is 16.0. The second-order valence-electron chi connectivity index (χ2n) is 9.73. The normalized spacial score (nSPS) is 20.7. The van der Waals surface area contributed by atoms with E-state index in [-0.39, 0.29) is 30.1 Å². The molecule has 3 aromatic rings. The maximum atomic E-state index is 14.0. The van der Waals surface area contributed by atoms with E-state index in [4.69, 9.17) is 4.74 Å². The largest absolute Gasteiger partial charge is 0.413 e. The molecule has 1 aliphatic carbocycles. The zero-order chi connectivity index (χ0) is 24.4. The van der Waals surface area contributed by atoms with Crippen LogP contribution in [0.1, 0.15) is 54.6 Å². The maximum absolute atomic E-state index is 14.0. The molecule has 2 aliphatic rings. The highest BCUT2D eigenvalue weighted by Crippen LogP contribution is 2.48. The number of carbonyl (C=O) groups excluding carboxylic acids is 1. The van der Waals surface area contributed by atoms with Crippen LogP contribution < -0.4 is 0 Å². The van der Waals surface area contributed by atoms with E-state index in [1.165, 1.54) is 29.8 Å². The number of amides is 1. The quantitative estimate of drug-likeness (QED) is 0.524. The van der Waals surface area contributed by atoms with Crippen molar-refractivity contribution in [1.29, 1.82) is 0 Å². The average Bonchev–Trinajstić information content (AvgIpc) is 3.22. The summed E-state index contributed by atoms with van der Waals surface area (Å²) in [5.41, 5.74) is 2.61. The van der Waals surface area contributed by atoms with Crippen LogP contribution in [0, 0.1) is 11.9 Å². The summed E-state index contributed by atoms with van der Waals surface area (Å²) in [6, 6.07) is 5.42. The van der Waals surface area contributed by atoms with Gasteiger partial charge in [-0.25, -0.2) is 9.50 Å². The van der Waals surface area contributed by atoms with E-state index in [1.807, 2.05) is 13.8 Å². The van der Waals surface area contributed by atoms with E-state index in [0.717, 1.165) is 21.7 Å². The van der Waals surface area contributed by atoms with Crippen LogP contribution >= 0.6 is 0 Å². The molecule has 0 bridgehead atoms. The first-order valence-corrected chi connectivity index (χ1v) is 11.0. The van der Waals surface area contributed by atoms with E-state index in [0.29, 0.717) is 12.1 Å². The molecule has 1 amide bonds. The molecule has 180 valence electrons. The van der Waals surface area contributed by atoms with E-state index < -0.39 is 30.0 Å². The molecule has 2 aromatic heterocycles. The lowest BCUT2D eigenvalue weighted by molar-refractivity contribution is -0.195. The van der Waals surface area contributed by atoms with Gasteiger partial charge in [-0.1, -0.05) is 38.1 Å². The number of carbonyl (C=O) groups is 1. The number of aromatic nitrogens is 3. The molecule has 2 atom stereocenters. The highest BCUT2D eigenvalue weighted by Gasteiger charge is 2.47. The number of fused-ring (bicyclic) bond motifs is 3. The molecule has 34 heavy (non-hydrogen) atoms. The number of alkyl halides is 3. The van der Waals surface area contributed by atoms with Gasteiger partial charge in [-0.15, -0.1) is 5.10 Å². The fourth-order valence-electron chi connectivity index (χ4n) is 5.20. The molecule has 5 rings (SSSR count). The van der Waals surface area contributed by atoms with Gasteiger partial charge in [0.1, 0.15) is 0 Å². The average molecular weight is 476 g/mol. The van der Waals surface area contributed by atoms with Gasteiger partial charge in [0.2, 0.25) is 11.9 Å². The zero-order valence-corrected chi connectivity index (χ0v) is 18.9. The van der Waals surface area contributed by atoms with Gasteiger partial charge < -0.3 is 9.64 Å². The Balaban J connectivity index is 1.48. The van der Waals surface area contributed by atoms with Crippen LogP contribution in [0.5, 0.6) is 0 Å². The molecule has 0 saturated carbocycles. The summed E-state index contributed by atoms with van der Waals surface area (Å²) >= 11 is 0. The van der Waals surface area contributed by atoms with Crippen LogP contribution in [0.4, 0.5) is 17.6 Å². The summed E-state index contributed by atoms with van der Waals surface area (Å²) in [6.07, 6.45) is -2.25. The van der Waals surface area contributed by atoms with Crippen molar-refractivity contribution >= 4 is 11.6 Å². The third kappa shape index (κ3) is 3.64. The first-order valence-electron chi connectivity index (χ1n) is 11.0. The van der Waals surface area contributed by atoms with Crippen molar-refractivity contribution < 1.29 is 27.1 Å². The number of hydrogen-bond donors (Lipinski definition) is 0. The van der Waals surface area contributed by atoms with Crippen molar-refractivity contribution in [3.63, 3.8) is 0 Å². The Morgan fingerprint density at radius 1 is 1.24 bits per heavy atom. The smallest absolute Gasteiger partial charge is 0.380 e. The van der Waals surface area contributed by atoms with E-state index >= 15 is 0 Å². The van der Waals surface area contributed by atoms with Crippen LogP contribution in [0.3, 0.4) is 0 Å². The minimum absolute atomic E-state index is 0.00690. The van der Waals surface area contributed by atoms with Gasteiger partial charge in [0.25, 0.3) is 0 Å². The highest BCUT2D eigenvalue weighted by atomic mass is 19.4. The molecule has 1 aliphatic heterocycles. The summed E-state index contributed by atoms with van der Waals surface area (Å²) in [7, 11) is 1.18. The lowest BCUT2D eigenvalue weighted by Gasteiger charge is -2.35. The van der Waals surface area contributed by atoms with Crippen molar-refractivity contribution in [2.75, 3.05) is 20.3 Å². The Morgan fingerprint density at radius 3 is 2.50 bits per heavy atom. The van der Waals surface area contributed by atoms with Gasteiger partial charge in [0.05, 0.1) is 24.8 Å². The number of halogens is 4. The fourth-order valence-corrected chi connectivity index (χ4v) is 5.20. The van der Waals surface area contributed by atoms with Gasteiger partial charge in [-0.2, -0.15) is 17.6 Å². The van der Waals surface area contributed by atoms with Crippen molar-refractivity contribution in [3.8, 4) is 0 Å². The second kappa shape index (κ2) is 7.76. The van der Waals surface area contributed by atoms with Gasteiger partial charge >= 0.3 is 6.18 Å². The highest BCUT2D eigenvalue weighted by molar-refractivity contribution is 5.80. The summed E-state index contributed by atoms with van der Waals surface area (Å²) in [6.45, 7) is 4.35. The molecule has 6 nitrogen and oxygen atoms in total. The van der Waals surface area contributed by atoms with E-state index in [2.05, 4.69) is 10.1 Å². The van der Waals surface area contributed by atoms with Crippen LogP contribution in [0.15, 0.2) is 36.5 Å². The number of nitrogens with zero attached hydrogens (tertiary/aromatic N) is 4. The zero-order valence-electron chi connectivity index (χ0n) is 18.9. The Bertz CT molecular complexity index is 1250. The lowest BCUT2D eigenvalue weighted by Crippen LogP contribution is -2.47. The van der Waals surface area contributed by atoms with Crippen LogP contribution in [-0.4, -0.2) is 51.8 Å². The maximum Gasteiger partial charge on any atom is 0.413 e. The molecule has 0 unspecified atom stereocenters. The molecular weight excluding hydrogens is 452 g/mol. The minimum atomic E-state index is -4.63. The standard InChI is InChI=1S/C24H24F4N4O2/c1-23(2)9-16(17-10-29-19-8-18(25)30-32(19)21(17)23)13-4-6-14(7-5-13)20(24(26,27)28)31(3)22(33)15-11-34-12-15/h4-8,10,15-16,20H,9,11-12H2,1-3H3/t16-,20-/m0/s1. The molecule has 0 spiro atoms. The van der Waals surface area contributed by atoms with Crippen LogP contribution in [0.25, 0.3) is 5.65 Å². The third-order valence-corrected chi connectivity index (χ3v) is 6.90. The van der Waals surface area contributed by atoms with Crippen LogP contribution in [0.2, 0.25) is 0 Å².